The molecule has 65 heavy (non-hydrogen) atoms. The van der Waals surface area contributed by atoms with Crippen LogP contribution in [0.5, 0.6) is 0 Å². The average molecular weight is 962 g/mol. The molecule has 1 aliphatic rings. The molecule has 1 fully saturated rings. The molecule has 5 atom stereocenters. The molecule has 1 aromatic carbocycles. The van der Waals surface area contributed by atoms with Gasteiger partial charge in [0.1, 0.15) is 23.3 Å². The first-order chi connectivity index (χ1) is 30.7. The molecule has 3 aromatic rings. The zero-order valence-corrected chi connectivity index (χ0v) is 40.4. The van der Waals surface area contributed by atoms with E-state index in [4.69, 9.17) is 22.3 Å². The fourth-order valence-corrected chi connectivity index (χ4v) is 7.69. The first-order valence-electron chi connectivity index (χ1n) is 21.1. The summed E-state index contributed by atoms with van der Waals surface area (Å²) in [5.41, 5.74) is 4.01. The van der Waals surface area contributed by atoms with Crippen LogP contribution in [0.3, 0.4) is 0 Å². The number of thiol groups is 1. The van der Waals surface area contributed by atoms with Crippen molar-refractivity contribution in [3.8, 4) is 11.4 Å². The molecular weight excluding hydrogens is 903 g/mol. The number of benzene rings is 1. The molecule has 0 bridgehead atoms. The van der Waals surface area contributed by atoms with Crippen LogP contribution in [0, 0.1) is 11.8 Å². The summed E-state index contributed by atoms with van der Waals surface area (Å²) in [6.07, 6.45) is 10.00. The van der Waals surface area contributed by atoms with Gasteiger partial charge in [0, 0.05) is 48.1 Å². The van der Waals surface area contributed by atoms with E-state index in [1.54, 1.807) is 20.1 Å². The van der Waals surface area contributed by atoms with Gasteiger partial charge in [-0.3, -0.25) is 19.1 Å². The zero-order chi connectivity index (χ0) is 48.2. The van der Waals surface area contributed by atoms with Gasteiger partial charge in [-0.1, -0.05) is 59.0 Å². The van der Waals surface area contributed by atoms with Crippen LogP contribution in [0.1, 0.15) is 96.9 Å². The number of hydrogen-bond donors (Lipinski definition) is 3. The number of alkyl halides is 4. The first-order valence-corrected chi connectivity index (χ1v) is 22.7. The Morgan fingerprint density at radius 2 is 1.86 bits per heavy atom. The number of amidine groups is 1. The van der Waals surface area contributed by atoms with E-state index in [1.165, 1.54) is 31.0 Å². The highest BCUT2D eigenvalue weighted by molar-refractivity contribution is 7.79. The Kier molecular flexibility index (Phi) is 19.0. The van der Waals surface area contributed by atoms with E-state index in [2.05, 4.69) is 52.0 Å². The van der Waals surface area contributed by atoms with Crippen molar-refractivity contribution in [1.82, 2.24) is 29.8 Å². The van der Waals surface area contributed by atoms with Crippen LogP contribution < -0.4 is 16.6 Å². The summed E-state index contributed by atoms with van der Waals surface area (Å²) in [6, 6.07) is 8.36. The highest BCUT2D eigenvalue weighted by Crippen LogP contribution is 2.52. The number of nitrogens with zero attached hydrogens (tertiary/aromatic N) is 8. The molecule has 0 spiro atoms. The fourth-order valence-electron chi connectivity index (χ4n) is 7.02. The third kappa shape index (κ3) is 14.8. The topological polar surface area (TPSA) is 165 Å². The second-order valence-electron chi connectivity index (χ2n) is 16.5. The van der Waals surface area contributed by atoms with E-state index in [-0.39, 0.29) is 60.1 Å². The lowest BCUT2D eigenvalue weighted by Crippen LogP contribution is -2.55. The SMILES string of the molecule is C/C=C(/C)N=C(N=C/C(=C\C)c1ccc(C2C[C@H]2CCN(C=O)C(CC(=C/N)/C=N/C(F)F)C(=O)NC(C)(C)Cn2nc(C(F)(F)P)cc2-c2ccc(=O)n(CS)n2)c(Cl)c1)C(C)CC. The van der Waals surface area contributed by atoms with E-state index in [1.807, 2.05) is 51.1 Å². The number of nitrogens with one attached hydrogen (secondary N) is 1. The maximum atomic E-state index is 14.6. The summed E-state index contributed by atoms with van der Waals surface area (Å²) in [7, 11) is 1.43. The van der Waals surface area contributed by atoms with Gasteiger partial charge in [0.15, 0.2) is 0 Å². The van der Waals surface area contributed by atoms with Gasteiger partial charge in [0.2, 0.25) is 12.3 Å². The maximum absolute atomic E-state index is 14.6. The molecule has 1 saturated carbocycles. The van der Waals surface area contributed by atoms with Crippen molar-refractivity contribution in [2.24, 2.45) is 32.5 Å². The molecule has 20 heteroatoms. The standard InChI is InChI=1S/C45H58ClF4N10O3PS/c1-8-27(4)41(54-28(5)9-2)52-23-30(10-3)31-11-12-33(35(46)19-31)34-18-32(34)15-16-58(25-61)38(17-29(21-51)22-53-43(47)48)42(63)55-44(6,7)24-59-37(20-39(57-59)45(49,50)64)36-13-14-40(62)60(26-65)56-36/h9-14,19-23,25,27,32,34,38,43,65H,8,15-18,24,26,51,64H2,1-7H3,(H,55,63)/b28-9-,29-21-,30-10+,52-23?,53-22+,54-41?/t27?,32-,34?,38?/m1/s1. The van der Waals surface area contributed by atoms with E-state index >= 15 is 0 Å². The molecule has 0 aliphatic heterocycles. The summed E-state index contributed by atoms with van der Waals surface area (Å²) < 4.78 is 57.6. The van der Waals surface area contributed by atoms with Crippen LogP contribution in [-0.4, -0.2) is 79.7 Å². The monoisotopic (exact) mass is 960 g/mol. The summed E-state index contributed by atoms with van der Waals surface area (Å²) in [5.74, 6) is 0.364. The Labute approximate surface area is 390 Å². The van der Waals surface area contributed by atoms with Crippen molar-refractivity contribution in [1.29, 1.82) is 0 Å². The lowest BCUT2D eigenvalue weighted by Gasteiger charge is -2.33. The summed E-state index contributed by atoms with van der Waals surface area (Å²) >= 11 is 11.0. The summed E-state index contributed by atoms with van der Waals surface area (Å²) in [5, 5.41) is 11.8. The molecule has 1 aliphatic carbocycles. The smallest absolute Gasteiger partial charge is 0.331 e. The third-order valence-electron chi connectivity index (χ3n) is 11.0. The summed E-state index contributed by atoms with van der Waals surface area (Å²) in [6.45, 7) is 10.1. The molecule has 352 valence electrons. The van der Waals surface area contributed by atoms with Crippen LogP contribution in [0.2, 0.25) is 5.02 Å². The van der Waals surface area contributed by atoms with Gasteiger partial charge in [-0.15, -0.1) is 0 Å². The zero-order valence-electron chi connectivity index (χ0n) is 37.6. The number of carbonyl (C=O) groups excluding carboxylic acids is 2. The van der Waals surface area contributed by atoms with Crippen LogP contribution in [0.15, 0.2) is 85.8 Å². The lowest BCUT2D eigenvalue weighted by molar-refractivity contribution is -0.134. The molecular formula is C45H58ClF4N10O3PS. The fraction of sp³-hybridized carbons (Fsp3) is 0.467. The van der Waals surface area contributed by atoms with Crippen molar-refractivity contribution < 1.29 is 27.2 Å². The largest absolute Gasteiger partial charge is 0.404 e. The van der Waals surface area contributed by atoms with Crippen molar-refractivity contribution in [3.63, 3.8) is 0 Å². The molecule has 2 amide bonds. The van der Waals surface area contributed by atoms with Gasteiger partial charge in [-0.05, 0) is 112 Å². The van der Waals surface area contributed by atoms with Crippen molar-refractivity contribution in [2.75, 3.05) is 6.54 Å². The Bertz CT molecular complexity index is 2410. The van der Waals surface area contributed by atoms with E-state index < -0.39 is 41.0 Å². The predicted octanol–water partition coefficient (Wildman–Crippen LogP) is 8.86. The number of aromatic nitrogens is 4. The number of allylic oxidation sites excluding steroid dienone is 4. The lowest BCUT2D eigenvalue weighted by atomic mass is 10.00. The van der Waals surface area contributed by atoms with E-state index in [0.717, 1.165) is 64.2 Å². The van der Waals surface area contributed by atoms with Crippen LogP contribution in [0.4, 0.5) is 17.6 Å². The maximum Gasteiger partial charge on any atom is 0.331 e. The Hall–Kier alpha value is -4.93. The molecule has 0 saturated heterocycles. The van der Waals surface area contributed by atoms with Crippen molar-refractivity contribution in [3.05, 3.63) is 98.2 Å². The van der Waals surface area contributed by atoms with Gasteiger partial charge in [0.25, 0.3) is 5.56 Å². The van der Waals surface area contributed by atoms with E-state index in [9.17, 15) is 31.9 Å². The van der Waals surface area contributed by atoms with Crippen molar-refractivity contribution >= 4 is 69.6 Å². The molecule has 4 rings (SSSR count). The quantitative estimate of drug-likeness (QED) is 0.0173. The second kappa shape index (κ2) is 23.5. The van der Waals surface area contributed by atoms with E-state index in [0.29, 0.717) is 17.9 Å². The Balaban J connectivity index is 1.55. The molecule has 13 nitrogen and oxygen atoms in total. The van der Waals surface area contributed by atoms with Crippen molar-refractivity contribution in [2.45, 2.75) is 116 Å². The van der Waals surface area contributed by atoms with Gasteiger partial charge < -0.3 is 16.0 Å². The third-order valence-corrected chi connectivity index (χ3v) is 11.9. The first kappa shape index (κ1) is 52.7. The highest BCUT2D eigenvalue weighted by Gasteiger charge is 2.40. The molecule has 0 radical (unpaired) electrons. The van der Waals surface area contributed by atoms with Crippen LogP contribution >= 0.6 is 33.5 Å². The molecule has 2 aromatic heterocycles. The van der Waals surface area contributed by atoms with Crippen LogP contribution in [0.25, 0.3) is 17.0 Å². The Morgan fingerprint density at radius 3 is 2.45 bits per heavy atom. The predicted molar refractivity (Wildman–Crippen MR) is 258 cm³/mol. The second-order valence-corrected chi connectivity index (χ2v) is 17.9. The average Bonchev–Trinajstić information content (AvgIpc) is 3.90. The molecule has 4 unspecified atom stereocenters. The normalized spacial score (nSPS) is 17.6. The minimum absolute atomic E-state index is 0.0696. The number of nitrogens with two attached hydrogens (primary N) is 1. The van der Waals surface area contributed by atoms with Crippen LogP contribution in [-0.2, 0) is 27.7 Å². The number of amides is 2. The number of aliphatic imine (C=N–C) groups is 3. The Morgan fingerprint density at radius 1 is 1.14 bits per heavy atom. The minimum atomic E-state index is -3.43. The molecule has 2 heterocycles. The van der Waals surface area contributed by atoms with Gasteiger partial charge in [-0.25, -0.2) is 19.7 Å². The summed E-state index contributed by atoms with van der Waals surface area (Å²) in [4.78, 5) is 53.1. The van der Waals surface area contributed by atoms with Gasteiger partial charge in [-0.2, -0.15) is 40.4 Å². The van der Waals surface area contributed by atoms with Gasteiger partial charge in [0.05, 0.1) is 23.7 Å². The molecule has 3 N–H and O–H groups in total. The minimum Gasteiger partial charge on any atom is -0.404 e. The number of carbonyl (C=O) groups is 2. The number of halogens is 5. The van der Waals surface area contributed by atoms with Gasteiger partial charge >= 0.3 is 12.2 Å². The highest BCUT2D eigenvalue weighted by atomic mass is 35.5. The number of hydrogen-bond acceptors (Lipinski definition) is 9. The number of rotatable bonds is 22.